The van der Waals surface area contributed by atoms with Crippen molar-refractivity contribution >= 4 is 15.9 Å². The summed E-state index contributed by atoms with van der Waals surface area (Å²) in [7, 11) is 0. The molecule has 0 unspecified atom stereocenters. The van der Waals surface area contributed by atoms with Gasteiger partial charge >= 0.3 is 0 Å². The number of allylic oxidation sites excluding steroid dienone is 5. The molecule has 0 aliphatic carbocycles. The first-order valence-electron chi connectivity index (χ1n) is 3.90. The van der Waals surface area contributed by atoms with E-state index < -0.39 is 0 Å². The van der Waals surface area contributed by atoms with E-state index in [1.165, 1.54) is 12.0 Å². The van der Waals surface area contributed by atoms with E-state index >= 15 is 0 Å². The van der Waals surface area contributed by atoms with Crippen molar-refractivity contribution < 1.29 is 0 Å². The molecule has 0 aromatic heterocycles. The third kappa shape index (κ3) is 4.20. The molecule has 0 atom stereocenters. The highest BCUT2D eigenvalue weighted by Gasteiger charge is 1.94. The van der Waals surface area contributed by atoms with Gasteiger partial charge in [-0.25, -0.2) is 0 Å². The average molecular weight is 215 g/mol. The number of hydrogen-bond donors (Lipinski definition) is 0. The van der Waals surface area contributed by atoms with Crippen LogP contribution < -0.4 is 0 Å². The summed E-state index contributed by atoms with van der Waals surface area (Å²) in [5, 5.41) is 0. The molecule has 0 heterocycles. The summed E-state index contributed by atoms with van der Waals surface area (Å²) in [4.78, 5) is 0. The fraction of sp³-hybridized carbons (Fsp3) is 0.400. The van der Waals surface area contributed by atoms with Crippen LogP contribution in [0.1, 0.15) is 26.7 Å². The first-order chi connectivity index (χ1) is 5.26. The van der Waals surface area contributed by atoms with Crippen molar-refractivity contribution in [3.63, 3.8) is 0 Å². The van der Waals surface area contributed by atoms with Crippen LogP contribution in [0.4, 0.5) is 0 Å². The number of hydrogen-bond acceptors (Lipinski definition) is 0. The molecule has 0 aliphatic heterocycles. The van der Waals surface area contributed by atoms with E-state index in [1.54, 1.807) is 0 Å². The second-order valence-electron chi connectivity index (χ2n) is 2.33. The molecule has 0 rings (SSSR count). The number of rotatable bonds is 4. The van der Waals surface area contributed by atoms with Crippen molar-refractivity contribution in [1.82, 2.24) is 0 Å². The Morgan fingerprint density at radius 1 is 1.55 bits per heavy atom. The molecule has 0 aromatic carbocycles. The van der Waals surface area contributed by atoms with Gasteiger partial charge in [0.2, 0.25) is 0 Å². The summed E-state index contributed by atoms with van der Waals surface area (Å²) in [5.41, 5.74) is 1.32. The minimum atomic E-state index is 1.11. The van der Waals surface area contributed by atoms with Crippen molar-refractivity contribution in [2.24, 2.45) is 0 Å². The van der Waals surface area contributed by atoms with E-state index in [0.717, 1.165) is 10.9 Å². The second-order valence-corrected chi connectivity index (χ2v) is 3.18. The first-order valence-corrected chi connectivity index (χ1v) is 4.69. The first kappa shape index (κ1) is 10.7. The molecule has 11 heavy (non-hydrogen) atoms. The zero-order valence-corrected chi connectivity index (χ0v) is 8.82. The smallest absolute Gasteiger partial charge is 0.0201 e. The molecule has 0 saturated carbocycles. The van der Waals surface area contributed by atoms with Gasteiger partial charge < -0.3 is 0 Å². The van der Waals surface area contributed by atoms with Gasteiger partial charge in [0.15, 0.2) is 0 Å². The largest absolute Gasteiger partial charge is 0.0979 e. The zero-order valence-electron chi connectivity index (χ0n) is 7.23. The summed E-state index contributed by atoms with van der Waals surface area (Å²) >= 11 is 3.46. The van der Waals surface area contributed by atoms with Crippen molar-refractivity contribution in [3.05, 3.63) is 34.9 Å². The molecule has 0 nitrogen and oxygen atoms in total. The molecule has 0 saturated heterocycles. The zero-order chi connectivity index (χ0) is 8.69. The molecule has 0 N–H and O–H groups in total. The lowest BCUT2D eigenvalue weighted by Crippen LogP contribution is -1.79. The summed E-state index contributed by atoms with van der Waals surface area (Å²) in [6.45, 7) is 7.91. The standard InChI is InChI=1S/C10H15Br/c1-4-7-9(8-5-2)10(11)6-3/h4,6-7H,3,5,8H2,1-2H3/b7-4-,10-9-. The fourth-order valence-electron chi connectivity index (χ4n) is 0.884. The highest BCUT2D eigenvalue weighted by Crippen LogP contribution is 2.18. The van der Waals surface area contributed by atoms with E-state index in [-0.39, 0.29) is 0 Å². The minimum Gasteiger partial charge on any atom is -0.0979 e. The predicted molar refractivity (Wildman–Crippen MR) is 55.9 cm³/mol. The van der Waals surface area contributed by atoms with Crippen LogP contribution in [0.3, 0.4) is 0 Å². The maximum absolute atomic E-state index is 3.71. The molecule has 0 radical (unpaired) electrons. The van der Waals surface area contributed by atoms with Gasteiger partial charge in [0.05, 0.1) is 0 Å². The lowest BCUT2D eigenvalue weighted by atomic mass is 10.1. The summed E-state index contributed by atoms with van der Waals surface area (Å²) in [6.07, 6.45) is 8.29. The van der Waals surface area contributed by atoms with E-state index in [4.69, 9.17) is 0 Å². The van der Waals surface area contributed by atoms with Gasteiger partial charge in [-0.3, -0.25) is 0 Å². The maximum Gasteiger partial charge on any atom is 0.0201 e. The van der Waals surface area contributed by atoms with Crippen LogP contribution in [0.2, 0.25) is 0 Å². The monoisotopic (exact) mass is 214 g/mol. The SMILES string of the molecule is C=C/C(Br)=C(\C=C/C)CCC. The summed E-state index contributed by atoms with van der Waals surface area (Å²) < 4.78 is 1.11. The molecule has 62 valence electrons. The van der Waals surface area contributed by atoms with E-state index in [2.05, 4.69) is 41.6 Å². The van der Waals surface area contributed by atoms with Gasteiger partial charge in [-0.15, -0.1) is 0 Å². The van der Waals surface area contributed by atoms with Crippen LogP contribution in [-0.2, 0) is 0 Å². The Morgan fingerprint density at radius 3 is 2.55 bits per heavy atom. The van der Waals surface area contributed by atoms with E-state index in [9.17, 15) is 0 Å². The molecule has 0 amide bonds. The van der Waals surface area contributed by atoms with Crippen LogP contribution in [-0.4, -0.2) is 0 Å². The van der Waals surface area contributed by atoms with Crippen molar-refractivity contribution in [3.8, 4) is 0 Å². The normalized spacial score (nSPS) is 13.4. The molecule has 0 bridgehead atoms. The molecule has 0 aromatic rings. The molecule has 0 aliphatic rings. The minimum absolute atomic E-state index is 1.11. The third-order valence-electron chi connectivity index (χ3n) is 1.37. The highest BCUT2D eigenvalue weighted by atomic mass is 79.9. The molecular formula is C10H15Br. The number of halogens is 1. The molecule has 0 spiro atoms. The maximum atomic E-state index is 3.71. The lowest BCUT2D eigenvalue weighted by molar-refractivity contribution is 0.925. The third-order valence-corrected chi connectivity index (χ3v) is 2.21. The van der Waals surface area contributed by atoms with Gasteiger partial charge in [-0.2, -0.15) is 0 Å². The van der Waals surface area contributed by atoms with Gasteiger partial charge in [-0.1, -0.05) is 54.1 Å². The fourth-order valence-corrected chi connectivity index (χ4v) is 1.21. The summed E-state index contributed by atoms with van der Waals surface area (Å²) in [6, 6.07) is 0. The van der Waals surface area contributed by atoms with E-state index in [0.29, 0.717) is 0 Å². The van der Waals surface area contributed by atoms with Gasteiger partial charge in [0.25, 0.3) is 0 Å². The van der Waals surface area contributed by atoms with Gasteiger partial charge in [0, 0.05) is 4.48 Å². The lowest BCUT2D eigenvalue weighted by Gasteiger charge is -2.00. The molecule has 0 fully saturated rings. The highest BCUT2D eigenvalue weighted by molar-refractivity contribution is 9.11. The van der Waals surface area contributed by atoms with Gasteiger partial charge in [0.1, 0.15) is 0 Å². The quantitative estimate of drug-likeness (QED) is 0.616. The topological polar surface area (TPSA) is 0 Å². The summed E-state index contributed by atoms with van der Waals surface area (Å²) in [5.74, 6) is 0. The van der Waals surface area contributed by atoms with Crippen molar-refractivity contribution in [1.29, 1.82) is 0 Å². The Balaban J connectivity index is 4.42. The van der Waals surface area contributed by atoms with Crippen LogP contribution in [0.25, 0.3) is 0 Å². The average Bonchev–Trinajstić information content (AvgIpc) is 2.03. The molecular weight excluding hydrogens is 200 g/mol. The Labute approximate surface area is 77.8 Å². The van der Waals surface area contributed by atoms with Crippen LogP contribution in [0.15, 0.2) is 34.9 Å². The van der Waals surface area contributed by atoms with Crippen LogP contribution in [0.5, 0.6) is 0 Å². The Kier molecular flexibility index (Phi) is 6.24. The van der Waals surface area contributed by atoms with Crippen LogP contribution >= 0.6 is 15.9 Å². The van der Waals surface area contributed by atoms with Gasteiger partial charge in [-0.05, 0) is 18.9 Å². The van der Waals surface area contributed by atoms with Crippen molar-refractivity contribution in [2.45, 2.75) is 26.7 Å². The molecule has 1 heteroatoms. The predicted octanol–water partition coefficient (Wildman–Crippen LogP) is 4.20. The second kappa shape index (κ2) is 6.41. The van der Waals surface area contributed by atoms with Crippen molar-refractivity contribution in [2.75, 3.05) is 0 Å². The Hall–Kier alpha value is -0.300. The Morgan fingerprint density at radius 2 is 2.18 bits per heavy atom. The van der Waals surface area contributed by atoms with Crippen LogP contribution in [0, 0.1) is 0 Å². The van der Waals surface area contributed by atoms with E-state index in [1.807, 2.05) is 13.0 Å². The Bertz CT molecular complexity index is 175.